The molecule has 0 unspecified atom stereocenters. The molecule has 0 bridgehead atoms. The summed E-state index contributed by atoms with van der Waals surface area (Å²) in [4.78, 5) is 10.9. The second kappa shape index (κ2) is 5.58. The van der Waals surface area contributed by atoms with Crippen molar-refractivity contribution in [1.29, 1.82) is 0 Å². The van der Waals surface area contributed by atoms with Gasteiger partial charge in [-0.25, -0.2) is 9.97 Å². The number of nitrogens with zero attached hydrogens (tertiary/aromatic N) is 3. The van der Waals surface area contributed by atoms with Crippen molar-refractivity contribution in [1.82, 2.24) is 9.97 Å². The number of hydrogen-bond acceptors (Lipinski definition) is 4. The Labute approximate surface area is 131 Å². The van der Waals surface area contributed by atoms with Crippen LogP contribution in [0.1, 0.15) is 11.3 Å². The Hall–Kier alpha value is -1.33. The molecule has 0 fully saturated rings. The number of benzene rings is 1. The molecule has 0 saturated carbocycles. The standard InChI is InChI=1S/C14H14BrClN4/c1-17-12-6-9(16)2-3-13(12)20-5-4-11-10(7-20)14(15)19-8-18-11/h2-3,6,8,17H,4-5,7H2,1H3. The maximum Gasteiger partial charge on any atom is 0.116 e. The van der Waals surface area contributed by atoms with Crippen LogP contribution in [0.15, 0.2) is 29.1 Å². The summed E-state index contributed by atoms with van der Waals surface area (Å²) in [7, 11) is 1.91. The first-order chi connectivity index (χ1) is 9.69. The Balaban J connectivity index is 1.96. The normalized spacial score (nSPS) is 14.1. The van der Waals surface area contributed by atoms with E-state index in [1.54, 1.807) is 6.33 Å². The molecule has 0 atom stereocenters. The number of nitrogens with one attached hydrogen (secondary N) is 1. The zero-order valence-corrected chi connectivity index (χ0v) is 13.4. The molecule has 2 aromatic rings. The maximum atomic E-state index is 6.05. The first kappa shape index (κ1) is 13.6. The van der Waals surface area contributed by atoms with Crippen LogP contribution in [0, 0.1) is 0 Å². The SMILES string of the molecule is CNc1cc(Cl)ccc1N1CCc2ncnc(Br)c2C1. The predicted molar refractivity (Wildman–Crippen MR) is 85.5 cm³/mol. The van der Waals surface area contributed by atoms with Crippen molar-refractivity contribution in [2.75, 3.05) is 23.8 Å². The van der Waals surface area contributed by atoms with Crippen molar-refractivity contribution in [3.05, 3.63) is 45.4 Å². The Bertz CT molecular complexity index is 647. The minimum absolute atomic E-state index is 0.736. The highest BCUT2D eigenvalue weighted by Gasteiger charge is 2.21. The molecule has 0 saturated heterocycles. The molecule has 6 heteroatoms. The average molecular weight is 354 g/mol. The van der Waals surface area contributed by atoms with Crippen molar-refractivity contribution in [2.45, 2.75) is 13.0 Å². The zero-order valence-electron chi connectivity index (χ0n) is 11.0. The second-order valence-corrected chi connectivity index (χ2v) is 5.86. The molecule has 0 aliphatic carbocycles. The van der Waals surface area contributed by atoms with E-state index < -0.39 is 0 Å². The molecular weight excluding hydrogens is 340 g/mol. The van der Waals surface area contributed by atoms with Gasteiger partial charge in [-0.3, -0.25) is 0 Å². The lowest BCUT2D eigenvalue weighted by molar-refractivity contribution is 0.701. The molecule has 3 rings (SSSR count). The fourth-order valence-electron chi connectivity index (χ4n) is 2.50. The summed E-state index contributed by atoms with van der Waals surface area (Å²) in [6, 6.07) is 5.92. The molecule has 20 heavy (non-hydrogen) atoms. The van der Waals surface area contributed by atoms with Crippen LogP contribution in [0.25, 0.3) is 0 Å². The molecule has 0 amide bonds. The largest absolute Gasteiger partial charge is 0.386 e. The molecule has 0 radical (unpaired) electrons. The number of hydrogen-bond donors (Lipinski definition) is 1. The fourth-order valence-corrected chi connectivity index (χ4v) is 3.11. The van der Waals surface area contributed by atoms with Gasteiger partial charge >= 0.3 is 0 Å². The number of aromatic nitrogens is 2. The van der Waals surface area contributed by atoms with Crippen LogP contribution < -0.4 is 10.2 Å². The molecule has 1 aliphatic heterocycles. The topological polar surface area (TPSA) is 41.0 Å². The quantitative estimate of drug-likeness (QED) is 0.839. The van der Waals surface area contributed by atoms with Crippen LogP contribution in [0.5, 0.6) is 0 Å². The highest BCUT2D eigenvalue weighted by Crippen LogP contribution is 2.33. The molecule has 1 aliphatic rings. The van der Waals surface area contributed by atoms with Crippen LogP contribution in [0.4, 0.5) is 11.4 Å². The van der Waals surface area contributed by atoms with Gasteiger partial charge in [0.15, 0.2) is 0 Å². The number of fused-ring (bicyclic) bond motifs is 1. The van der Waals surface area contributed by atoms with Crippen molar-refractivity contribution < 1.29 is 0 Å². The Morgan fingerprint density at radius 2 is 2.20 bits per heavy atom. The minimum Gasteiger partial charge on any atom is -0.386 e. The van der Waals surface area contributed by atoms with E-state index >= 15 is 0 Å². The molecule has 4 nitrogen and oxygen atoms in total. The maximum absolute atomic E-state index is 6.05. The summed E-state index contributed by atoms with van der Waals surface area (Å²) in [5.74, 6) is 0. The molecule has 1 aromatic heterocycles. The van der Waals surface area contributed by atoms with Gasteiger partial charge in [0.25, 0.3) is 0 Å². The highest BCUT2D eigenvalue weighted by molar-refractivity contribution is 9.10. The van der Waals surface area contributed by atoms with E-state index in [2.05, 4.69) is 42.2 Å². The summed E-state index contributed by atoms with van der Waals surface area (Å²) in [6.07, 6.45) is 2.53. The summed E-state index contributed by atoms with van der Waals surface area (Å²) in [5.41, 5.74) is 4.48. The van der Waals surface area contributed by atoms with Crippen molar-refractivity contribution in [3.8, 4) is 0 Å². The predicted octanol–water partition coefficient (Wildman–Crippen LogP) is 3.50. The van der Waals surface area contributed by atoms with E-state index in [9.17, 15) is 0 Å². The summed E-state index contributed by atoms with van der Waals surface area (Å²) >= 11 is 9.57. The minimum atomic E-state index is 0.736. The lowest BCUT2D eigenvalue weighted by Crippen LogP contribution is -2.32. The Morgan fingerprint density at radius 1 is 1.35 bits per heavy atom. The molecule has 0 spiro atoms. The van der Waals surface area contributed by atoms with Gasteiger partial charge in [-0.15, -0.1) is 0 Å². The van der Waals surface area contributed by atoms with Gasteiger partial charge in [0.2, 0.25) is 0 Å². The van der Waals surface area contributed by atoms with Crippen LogP contribution in [0.3, 0.4) is 0 Å². The van der Waals surface area contributed by atoms with E-state index in [1.165, 1.54) is 0 Å². The van der Waals surface area contributed by atoms with E-state index in [0.29, 0.717) is 0 Å². The smallest absolute Gasteiger partial charge is 0.116 e. The first-order valence-corrected chi connectivity index (χ1v) is 7.56. The van der Waals surface area contributed by atoms with Gasteiger partial charge in [0.05, 0.1) is 17.1 Å². The Kier molecular flexibility index (Phi) is 3.81. The van der Waals surface area contributed by atoms with E-state index in [4.69, 9.17) is 11.6 Å². The highest BCUT2D eigenvalue weighted by atomic mass is 79.9. The number of rotatable bonds is 2. The lowest BCUT2D eigenvalue weighted by atomic mass is 10.1. The van der Waals surface area contributed by atoms with Gasteiger partial charge in [0, 0.05) is 37.1 Å². The van der Waals surface area contributed by atoms with Crippen molar-refractivity contribution >= 4 is 38.9 Å². The molecular formula is C14H14BrClN4. The number of anilines is 2. The van der Waals surface area contributed by atoms with E-state index in [0.717, 1.165) is 51.8 Å². The van der Waals surface area contributed by atoms with Gasteiger partial charge < -0.3 is 10.2 Å². The van der Waals surface area contributed by atoms with Crippen LogP contribution in [-0.4, -0.2) is 23.6 Å². The molecule has 2 heterocycles. The summed E-state index contributed by atoms with van der Waals surface area (Å²) < 4.78 is 0.882. The molecule has 104 valence electrons. The molecule has 1 N–H and O–H groups in total. The fraction of sp³-hybridized carbons (Fsp3) is 0.286. The molecule has 1 aromatic carbocycles. The Morgan fingerprint density at radius 3 is 3.00 bits per heavy atom. The van der Waals surface area contributed by atoms with Crippen LogP contribution in [-0.2, 0) is 13.0 Å². The van der Waals surface area contributed by atoms with E-state index in [1.807, 2.05) is 19.2 Å². The van der Waals surface area contributed by atoms with Crippen molar-refractivity contribution in [2.24, 2.45) is 0 Å². The second-order valence-electron chi connectivity index (χ2n) is 4.67. The van der Waals surface area contributed by atoms with Crippen LogP contribution in [0.2, 0.25) is 5.02 Å². The van der Waals surface area contributed by atoms with Gasteiger partial charge in [-0.1, -0.05) is 11.6 Å². The van der Waals surface area contributed by atoms with E-state index in [-0.39, 0.29) is 0 Å². The first-order valence-electron chi connectivity index (χ1n) is 6.39. The third-order valence-electron chi connectivity index (χ3n) is 3.52. The number of halogens is 2. The van der Waals surface area contributed by atoms with Gasteiger partial charge in [-0.05, 0) is 34.1 Å². The third kappa shape index (κ3) is 2.47. The lowest BCUT2D eigenvalue weighted by Gasteiger charge is -2.31. The van der Waals surface area contributed by atoms with Gasteiger partial charge in [-0.2, -0.15) is 0 Å². The van der Waals surface area contributed by atoms with Gasteiger partial charge in [0.1, 0.15) is 10.9 Å². The average Bonchev–Trinajstić information content (AvgIpc) is 2.47. The summed E-state index contributed by atoms with van der Waals surface area (Å²) in [6.45, 7) is 1.74. The summed E-state index contributed by atoms with van der Waals surface area (Å²) in [5, 5.41) is 3.94. The van der Waals surface area contributed by atoms with Crippen molar-refractivity contribution in [3.63, 3.8) is 0 Å². The third-order valence-corrected chi connectivity index (χ3v) is 4.44. The monoisotopic (exact) mass is 352 g/mol. The van der Waals surface area contributed by atoms with Crippen LogP contribution >= 0.6 is 27.5 Å². The zero-order chi connectivity index (χ0) is 14.1.